The van der Waals surface area contributed by atoms with E-state index in [4.69, 9.17) is 20.5 Å². The van der Waals surface area contributed by atoms with Gasteiger partial charge in [0.2, 0.25) is 0 Å². The summed E-state index contributed by atoms with van der Waals surface area (Å²) in [7, 11) is 0. The maximum atomic E-state index is 8.92. The van der Waals surface area contributed by atoms with Crippen LogP contribution in [0, 0.1) is 11.3 Å². The van der Waals surface area contributed by atoms with E-state index in [0.29, 0.717) is 29.4 Å². The zero-order valence-electron chi connectivity index (χ0n) is 10.6. The number of anilines is 1. The summed E-state index contributed by atoms with van der Waals surface area (Å²) in [5.41, 5.74) is 6.50. The summed E-state index contributed by atoms with van der Waals surface area (Å²) in [5, 5.41) is 8.92. The number of nitrogens with zero attached hydrogens (tertiary/aromatic N) is 1. The van der Waals surface area contributed by atoms with E-state index in [1.807, 2.05) is 31.2 Å². The highest BCUT2D eigenvalue weighted by Crippen LogP contribution is 2.27. The molecule has 4 heteroatoms. The van der Waals surface area contributed by atoms with Crippen molar-refractivity contribution in [3.63, 3.8) is 0 Å². The molecular weight excluding hydrogens is 240 g/mol. The molecule has 0 fully saturated rings. The van der Waals surface area contributed by atoms with Crippen molar-refractivity contribution >= 4 is 5.69 Å². The first-order valence-corrected chi connectivity index (χ1v) is 5.93. The SMILES string of the molecule is CCOc1cccc(Oc2ccc(N)c(C#N)c2)c1. The second-order valence-corrected chi connectivity index (χ2v) is 3.87. The predicted molar refractivity (Wildman–Crippen MR) is 73.3 cm³/mol. The van der Waals surface area contributed by atoms with Gasteiger partial charge < -0.3 is 15.2 Å². The molecule has 0 aliphatic carbocycles. The van der Waals surface area contributed by atoms with Crippen LogP contribution in [0.4, 0.5) is 5.69 Å². The molecule has 0 radical (unpaired) electrons. The maximum absolute atomic E-state index is 8.92. The third kappa shape index (κ3) is 3.17. The Hall–Kier alpha value is -2.67. The van der Waals surface area contributed by atoms with E-state index >= 15 is 0 Å². The van der Waals surface area contributed by atoms with Gasteiger partial charge in [-0.1, -0.05) is 6.07 Å². The maximum Gasteiger partial charge on any atom is 0.131 e. The van der Waals surface area contributed by atoms with Gasteiger partial charge in [-0.15, -0.1) is 0 Å². The molecule has 0 atom stereocenters. The Morgan fingerprint density at radius 3 is 2.58 bits per heavy atom. The quantitative estimate of drug-likeness (QED) is 0.850. The number of hydrogen-bond donors (Lipinski definition) is 1. The first-order valence-electron chi connectivity index (χ1n) is 5.93. The van der Waals surface area contributed by atoms with Crippen LogP contribution in [-0.4, -0.2) is 6.61 Å². The molecule has 0 saturated carbocycles. The molecule has 0 saturated heterocycles. The molecule has 0 aliphatic heterocycles. The van der Waals surface area contributed by atoms with Crippen LogP contribution in [0.3, 0.4) is 0 Å². The molecule has 0 aromatic heterocycles. The highest BCUT2D eigenvalue weighted by Gasteiger charge is 2.03. The zero-order valence-corrected chi connectivity index (χ0v) is 10.6. The van der Waals surface area contributed by atoms with Gasteiger partial charge in [0.1, 0.15) is 23.3 Å². The fourth-order valence-electron chi connectivity index (χ4n) is 1.63. The van der Waals surface area contributed by atoms with Crippen LogP contribution in [0.15, 0.2) is 42.5 Å². The van der Waals surface area contributed by atoms with E-state index in [1.54, 1.807) is 24.3 Å². The fourth-order valence-corrected chi connectivity index (χ4v) is 1.63. The molecule has 2 aromatic carbocycles. The van der Waals surface area contributed by atoms with Crippen molar-refractivity contribution in [1.82, 2.24) is 0 Å². The molecule has 4 nitrogen and oxygen atoms in total. The van der Waals surface area contributed by atoms with Gasteiger partial charge in [-0.3, -0.25) is 0 Å². The lowest BCUT2D eigenvalue weighted by Gasteiger charge is -2.09. The number of hydrogen-bond acceptors (Lipinski definition) is 4. The predicted octanol–water partition coefficient (Wildman–Crippen LogP) is 3.33. The summed E-state index contributed by atoms with van der Waals surface area (Å²) >= 11 is 0. The van der Waals surface area contributed by atoms with Gasteiger partial charge in [0.05, 0.1) is 12.2 Å². The Balaban J connectivity index is 2.21. The van der Waals surface area contributed by atoms with Crippen LogP contribution in [0.1, 0.15) is 12.5 Å². The summed E-state index contributed by atoms with van der Waals surface area (Å²) in [5.74, 6) is 1.97. The average molecular weight is 254 g/mol. The third-order valence-electron chi connectivity index (χ3n) is 2.50. The van der Waals surface area contributed by atoms with Crippen LogP contribution in [0.5, 0.6) is 17.2 Å². The lowest BCUT2D eigenvalue weighted by atomic mass is 10.2. The summed E-state index contributed by atoms with van der Waals surface area (Å²) in [6.45, 7) is 2.52. The van der Waals surface area contributed by atoms with Crippen LogP contribution in [0.2, 0.25) is 0 Å². The average Bonchev–Trinajstić information content (AvgIpc) is 2.42. The van der Waals surface area contributed by atoms with Gasteiger partial charge in [0.25, 0.3) is 0 Å². The first kappa shape index (κ1) is 12.8. The third-order valence-corrected chi connectivity index (χ3v) is 2.50. The Morgan fingerprint density at radius 1 is 1.11 bits per heavy atom. The largest absolute Gasteiger partial charge is 0.494 e. The standard InChI is InChI=1S/C15H14N2O2/c1-2-18-12-4-3-5-13(9-12)19-14-6-7-15(17)11(8-14)10-16/h3-9H,2,17H2,1H3. The van der Waals surface area contributed by atoms with Crippen molar-refractivity contribution in [2.24, 2.45) is 0 Å². The minimum absolute atomic E-state index is 0.401. The molecule has 0 aliphatic rings. The summed E-state index contributed by atoms with van der Waals surface area (Å²) < 4.78 is 11.1. The first-order chi connectivity index (χ1) is 9.22. The Morgan fingerprint density at radius 2 is 1.84 bits per heavy atom. The molecular formula is C15H14N2O2. The minimum Gasteiger partial charge on any atom is -0.494 e. The highest BCUT2D eigenvalue weighted by molar-refractivity contribution is 5.57. The number of nitriles is 1. The van der Waals surface area contributed by atoms with Crippen molar-refractivity contribution in [2.45, 2.75) is 6.92 Å². The van der Waals surface area contributed by atoms with E-state index < -0.39 is 0 Å². The van der Waals surface area contributed by atoms with Crippen LogP contribution < -0.4 is 15.2 Å². The number of rotatable bonds is 4. The molecule has 0 unspecified atom stereocenters. The molecule has 0 heterocycles. The highest BCUT2D eigenvalue weighted by atomic mass is 16.5. The topological polar surface area (TPSA) is 68.3 Å². The summed E-state index contributed by atoms with van der Waals surface area (Å²) in [6, 6.07) is 14.3. The van der Waals surface area contributed by atoms with E-state index in [-0.39, 0.29) is 0 Å². The van der Waals surface area contributed by atoms with E-state index in [1.165, 1.54) is 0 Å². The van der Waals surface area contributed by atoms with Crippen LogP contribution >= 0.6 is 0 Å². The van der Waals surface area contributed by atoms with Crippen LogP contribution in [0.25, 0.3) is 0 Å². The number of nitrogens with two attached hydrogens (primary N) is 1. The van der Waals surface area contributed by atoms with Crippen molar-refractivity contribution in [2.75, 3.05) is 12.3 Å². The van der Waals surface area contributed by atoms with E-state index in [9.17, 15) is 0 Å². The molecule has 0 spiro atoms. The number of nitrogen functional groups attached to an aromatic ring is 1. The van der Waals surface area contributed by atoms with Gasteiger partial charge in [0.15, 0.2) is 0 Å². The number of ether oxygens (including phenoxy) is 2. The van der Waals surface area contributed by atoms with E-state index in [0.717, 1.165) is 5.75 Å². The molecule has 0 amide bonds. The molecule has 0 bridgehead atoms. The van der Waals surface area contributed by atoms with Gasteiger partial charge in [0, 0.05) is 17.8 Å². The van der Waals surface area contributed by atoms with Gasteiger partial charge in [-0.05, 0) is 31.2 Å². The minimum atomic E-state index is 0.401. The van der Waals surface area contributed by atoms with E-state index in [2.05, 4.69) is 0 Å². The zero-order chi connectivity index (χ0) is 13.7. The Labute approximate surface area is 112 Å². The lowest BCUT2D eigenvalue weighted by molar-refractivity contribution is 0.338. The monoisotopic (exact) mass is 254 g/mol. The van der Waals surface area contributed by atoms with Crippen LogP contribution in [-0.2, 0) is 0 Å². The van der Waals surface area contributed by atoms with Crippen molar-refractivity contribution in [1.29, 1.82) is 5.26 Å². The second-order valence-electron chi connectivity index (χ2n) is 3.87. The van der Waals surface area contributed by atoms with Crippen molar-refractivity contribution < 1.29 is 9.47 Å². The summed E-state index contributed by atoms with van der Waals surface area (Å²) in [4.78, 5) is 0. The second kappa shape index (κ2) is 5.78. The normalized spacial score (nSPS) is 9.68. The molecule has 2 N–H and O–H groups in total. The molecule has 2 aromatic rings. The summed E-state index contributed by atoms with van der Waals surface area (Å²) in [6.07, 6.45) is 0. The fraction of sp³-hybridized carbons (Fsp3) is 0.133. The molecule has 19 heavy (non-hydrogen) atoms. The van der Waals surface area contributed by atoms with Gasteiger partial charge in [-0.25, -0.2) is 0 Å². The Bertz CT molecular complexity index is 618. The van der Waals surface area contributed by atoms with Gasteiger partial charge in [-0.2, -0.15) is 5.26 Å². The lowest BCUT2D eigenvalue weighted by Crippen LogP contribution is -1.93. The number of benzene rings is 2. The molecule has 96 valence electrons. The van der Waals surface area contributed by atoms with Crippen molar-refractivity contribution in [3.8, 4) is 23.3 Å². The smallest absolute Gasteiger partial charge is 0.131 e. The molecule has 2 rings (SSSR count). The van der Waals surface area contributed by atoms with Gasteiger partial charge >= 0.3 is 0 Å². The van der Waals surface area contributed by atoms with Crippen molar-refractivity contribution in [3.05, 3.63) is 48.0 Å². The Kier molecular flexibility index (Phi) is 3.89.